The summed E-state index contributed by atoms with van der Waals surface area (Å²) >= 11 is 0. The van der Waals surface area contributed by atoms with Crippen LogP contribution in [0.1, 0.15) is 92.9 Å². The number of aliphatic hydroxyl groups excluding tert-OH is 1. The van der Waals surface area contributed by atoms with Gasteiger partial charge in [0, 0.05) is 13.0 Å². The van der Waals surface area contributed by atoms with E-state index in [9.17, 15) is 9.90 Å². The van der Waals surface area contributed by atoms with Crippen LogP contribution in [0.5, 0.6) is 0 Å². The van der Waals surface area contributed by atoms with E-state index in [4.69, 9.17) is 0 Å². The molecule has 0 aromatic rings. The summed E-state index contributed by atoms with van der Waals surface area (Å²) in [4.78, 5) is 12.0. The van der Waals surface area contributed by atoms with E-state index in [0.717, 1.165) is 31.1 Å². The van der Waals surface area contributed by atoms with Crippen molar-refractivity contribution in [1.82, 2.24) is 0 Å². The number of hydrogen-bond acceptors (Lipinski definition) is 2. The van der Waals surface area contributed by atoms with Crippen molar-refractivity contribution in [2.75, 3.05) is 6.61 Å². The molecule has 8 unspecified atom stereocenters. The Labute approximate surface area is 185 Å². The van der Waals surface area contributed by atoms with E-state index >= 15 is 0 Å². The van der Waals surface area contributed by atoms with Crippen molar-refractivity contribution in [3.05, 3.63) is 23.8 Å². The predicted molar refractivity (Wildman–Crippen MR) is 126 cm³/mol. The summed E-state index contributed by atoms with van der Waals surface area (Å²) in [5.74, 6) is 4.22. The molecule has 3 aliphatic rings. The molecule has 3 aliphatic carbocycles. The Hall–Kier alpha value is -0.890. The molecule has 170 valence electrons. The van der Waals surface area contributed by atoms with Crippen LogP contribution >= 0.6 is 0 Å². The van der Waals surface area contributed by atoms with Crippen molar-refractivity contribution < 1.29 is 9.90 Å². The Balaban J connectivity index is 1.77. The third kappa shape index (κ3) is 4.23. The van der Waals surface area contributed by atoms with Crippen molar-refractivity contribution in [2.24, 2.45) is 46.3 Å². The number of carbonyl (C=O) groups is 1. The average Bonchev–Trinajstić information content (AvgIpc) is 2.71. The van der Waals surface area contributed by atoms with Crippen molar-refractivity contribution in [3.8, 4) is 0 Å². The van der Waals surface area contributed by atoms with E-state index in [0.29, 0.717) is 41.5 Å². The normalized spacial score (nSPS) is 39.0. The molecule has 3 rings (SSSR count). The fraction of sp³-hybridized carbons (Fsp3) is 0.821. The second-order valence-corrected chi connectivity index (χ2v) is 11.6. The monoisotopic (exact) mass is 414 g/mol. The minimum Gasteiger partial charge on any atom is -0.396 e. The number of rotatable bonds is 8. The van der Waals surface area contributed by atoms with Gasteiger partial charge in [0.15, 0.2) is 5.78 Å². The number of hydrogen-bond donors (Lipinski definition) is 1. The molecule has 2 heteroatoms. The van der Waals surface area contributed by atoms with Crippen LogP contribution in [0, 0.1) is 46.3 Å². The Kier molecular flexibility index (Phi) is 7.37. The molecule has 2 nitrogen and oxygen atoms in total. The van der Waals surface area contributed by atoms with Crippen LogP contribution in [-0.4, -0.2) is 17.5 Å². The van der Waals surface area contributed by atoms with Gasteiger partial charge in [0.1, 0.15) is 0 Å². The lowest BCUT2D eigenvalue weighted by atomic mass is 9.46. The molecule has 0 saturated heterocycles. The van der Waals surface area contributed by atoms with Crippen LogP contribution in [0.4, 0.5) is 0 Å². The van der Waals surface area contributed by atoms with Gasteiger partial charge in [0.05, 0.1) is 0 Å². The van der Waals surface area contributed by atoms with Crippen LogP contribution < -0.4 is 0 Å². The first-order valence-corrected chi connectivity index (χ1v) is 12.7. The Morgan fingerprint density at radius 3 is 2.60 bits per heavy atom. The average molecular weight is 415 g/mol. The molecule has 1 N–H and O–H groups in total. The smallest absolute Gasteiger partial charge is 0.156 e. The lowest BCUT2D eigenvalue weighted by Gasteiger charge is -2.58. The number of ketones is 1. The van der Waals surface area contributed by atoms with Gasteiger partial charge in [-0.25, -0.2) is 0 Å². The number of allylic oxidation sites excluding steroid dienone is 4. The molecule has 8 atom stereocenters. The molecule has 0 radical (unpaired) electrons. The highest BCUT2D eigenvalue weighted by molar-refractivity contribution is 5.92. The molecule has 1 fully saturated rings. The van der Waals surface area contributed by atoms with Gasteiger partial charge in [-0.05, 0) is 83.7 Å². The molecule has 30 heavy (non-hydrogen) atoms. The summed E-state index contributed by atoms with van der Waals surface area (Å²) in [6.07, 6.45) is 16.0. The summed E-state index contributed by atoms with van der Waals surface area (Å²) in [7, 11) is 0. The fourth-order valence-electron chi connectivity index (χ4n) is 7.63. The quantitative estimate of drug-likeness (QED) is 0.465. The zero-order chi connectivity index (χ0) is 22.1. The van der Waals surface area contributed by atoms with E-state index in [-0.39, 0.29) is 5.41 Å². The molecule has 0 aliphatic heterocycles. The SMILES string of the molecule is CCC(C(C)CCCC(C)CO)C1(C)CCC2C(C=CC3=CC(=O)CCC32C)C1C. The van der Waals surface area contributed by atoms with E-state index < -0.39 is 0 Å². The molecule has 0 aromatic heterocycles. The van der Waals surface area contributed by atoms with Gasteiger partial charge in [-0.2, -0.15) is 0 Å². The third-order valence-corrected chi connectivity index (χ3v) is 9.90. The topological polar surface area (TPSA) is 37.3 Å². The van der Waals surface area contributed by atoms with Gasteiger partial charge in [-0.1, -0.05) is 73.0 Å². The zero-order valence-electron chi connectivity index (χ0n) is 20.4. The van der Waals surface area contributed by atoms with Crippen molar-refractivity contribution in [1.29, 1.82) is 0 Å². The second-order valence-electron chi connectivity index (χ2n) is 11.6. The number of aliphatic hydroxyl groups is 1. The maximum absolute atomic E-state index is 12.0. The Bertz CT molecular complexity index is 676. The predicted octanol–water partition coefficient (Wildman–Crippen LogP) is 6.98. The summed E-state index contributed by atoms with van der Waals surface area (Å²) in [6, 6.07) is 0. The summed E-state index contributed by atoms with van der Waals surface area (Å²) < 4.78 is 0. The number of fused-ring (bicyclic) bond motifs is 3. The number of carbonyl (C=O) groups excluding carboxylic acids is 1. The maximum atomic E-state index is 12.0. The van der Waals surface area contributed by atoms with E-state index in [1.165, 1.54) is 37.7 Å². The van der Waals surface area contributed by atoms with Crippen LogP contribution in [0.25, 0.3) is 0 Å². The minimum atomic E-state index is 0.191. The van der Waals surface area contributed by atoms with Crippen LogP contribution in [-0.2, 0) is 4.79 Å². The fourth-order valence-corrected chi connectivity index (χ4v) is 7.63. The largest absolute Gasteiger partial charge is 0.396 e. The molecular formula is C28H46O2. The third-order valence-electron chi connectivity index (χ3n) is 9.90. The first-order chi connectivity index (χ1) is 14.2. The first-order valence-electron chi connectivity index (χ1n) is 12.7. The van der Waals surface area contributed by atoms with Gasteiger partial charge >= 0.3 is 0 Å². The highest BCUT2D eigenvalue weighted by Crippen LogP contribution is 2.62. The van der Waals surface area contributed by atoms with Crippen molar-refractivity contribution >= 4 is 5.78 Å². The second kappa shape index (κ2) is 9.31. The van der Waals surface area contributed by atoms with Gasteiger partial charge in [0.2, 0.25) is 0 Å². The van der Waals surface area contributed by atoms with Crippen LogP contribution in [0.2, 0.25) is 0 Å². The van der Waals surface area contributed by atoms with Gasteiger partial charge in [0.25, 0.3) is 0 Å². The van der Waals surface area contributed by atoms with E-state index in [1.54, 1.807) is 0 Å². The van der Waals surface area contributed by atoms with Gasteiger partial charge in [-0.15, -0.1) is 0 Å². The molecule has 0 amide bonds. The van der Waals surface area contributed by atoms with Crippen molar-refractivity contribution in [3.63, 3.8) is 0 Å². The maximum Gasteiger partial charge on any atom is 0.156 e. The van der Waals surface area contributed by atoms with E-state index in [2.05, 4.69) is 53.7 Å². The van der Waals surface area contributed by atoms with E-state index in [1.807, 2.05) is 6.08 Å². The zero-order valence-corrected chi connectivity index (χ0v) is 20.4. The van der Waals surface area contributed by atoms with Crippen LogP contribution in [0.3, 0.4) is 0 Å². The Morgan fingerprint density at radius 2 is 1.93 bits per heavy atom. The van der Waals surface area contributed by atoms with Crippen molar-refractivity contribution in [2.45, 2.75) is 92.9 Å². The summed E-state index contributed by atoms with van der Waals surface area (Å²) in [5, 5.41) is 9.33. The highest BCUT2D eigenvalue weighted by Gasteiger charge is 2.54. The molecule has 0 spiro atoms. The molecular weight excluding hydrogens is 368 g/mol. The van der Waals surface area contributed by atoms with Crippen LogP contribution in [0.15, 0.2) is 23.8 Å². The first kappa shape index (κ1) is 23.8. The summed E-state index contributed by atoms with van der Waals surface area (Å²) in [5.41, 5.74) is 1.87. The summed E-state index contributed by atoms with van der Waals surface area (Å²) in [6.45, 7) is 14.9. The molecule has 0 aromatic carbocycles. The lowest BCUT2D eigenvalue weighted by Crippen LogP contribution is -2.51. The minimum absolute atomic E-state index is 0.191. The highest BCUT2D eigenvalue weighted by atomic mass is 16.3. The molecule has 0 bridgehead atoms. The standard InChI is InChI=1S/C28H46O2/c1-7-25(20(3)10-8-9-19(2)18-29)27(5)16-14-26-24(21(27)4)12-11-22-17-23(30)13-15-28(22,26)6/h11-12,17,19-21,24-26,29H,7-10,13-16,18H2,1-6H3. The lowest BCUT2D eigenvalue weighted by molar-refractivity contribution is -0.116. The van der Waals surface area contributed by atoms with Gasteiger partial charge in [-0.3, -0.25) is 4.79 Å². The molecule has 0 heterocycles. The van der Waals surface area contributed by atoms with Gasteiger partial charge < -0.3 is 5.11 Å². The molecule has 1 saturated carbocycles. The Morgan fingerprint density at radius 1 is 1.20 bits per heavy atom.